The SMILES string of the molecule is N[C@@H](CCCNC(=O)CCc1c[nH]c2ccccc12)C(=O)O. The fourth-order valence-corrected chi connectivity index (χ4v) is 2.35. The van der Waals surface area contributed by atoms with Crippen LogP contribution in [0.1, 0.15) is 24.8 Å². The quantitative estimate of drug-likeness (QED) is 0.553. The molecule has 0 saturated heterocycles. The molecule has 0 unspecified atom stereocenters. The van der Waals surface area contributed by atoms with Crippen LogP contribution in [0.4, 0.5) is 0 Å². The van der Waals surface area contributed by atoms with Gasteiger partial charge in [-0.15, -0.1) is 0 Å². The van der Waals surface area contributed by atoms with Crippen LogP contribution in [0.3, 0.4) is 0 Å². The number of H-pyrrole nitrogens is 1. The van der Waals surface area contributed by atoms with Crippen molar-refractivity contribution in [1.82, 2.24) is 10.3 Å². The second-order valence-electron chi connectivity index (χ2n) is 5.30. The number of aliphatic carboxylic acids is 1. The molecule has 0 saturated carbocycles. The highest BCUT2D eigenvalue weighted by Gasteiger charge is 2.11. The number of carbonyl (C=O) groups is 2. The lowest BCUT2D eigenvalue weighted by molar-refractivity contribution is -0.138. The second kappa shape index (κ2) is 7.61. The zero-order valence-electron chi connectivity index (χ0n) is 12.3. The Balaban J connectivity index is 1.71. The van der Waals surface area contributed by atoms with Gasteiger partial charge in [0.05, 0.1) is 0 Å². The number of carboxylic acid groups (broad SMARTS) is 1. The number of amides is 1. The average molecular weight is 303 g/mol. The number of fused-ring (bicyclic) bond motifs is 1. The van der Waals surface area contributed by atoms with Gasteiger partial charge in [0, 0.05) is 30.1 Å². The molecule has 118 valence electrons. The highest BCUT2D eigenvalue weighted by molar-refractivity contribution is 5.84. The van der Waals surface area contributed by atoms with Crippen LogP contribution >= 0.6 is 0 Å². The number of nitrogens with two attached hydrogens (primary N) is 1. The third-order valence-electron chi connectivity index (χ3n) is 3.63. The molecule has 5 N–H and O–H groups in total. The monoisotopic (exact) mass is 303 g/mol. The Morgan fingerprint density at radius 1 is 1.32 bits per heavy atom. The summed E-state index contributed by atoms with van der Waals surface area (Å²) in [4.78, 5) is 25.5. The van der Waals surface area contributed by atoms with Gasteiger partial charge in [0.1, 0.15) is 6.04 Å². The Morgan fingerprint density at radius 3 is 2.86 bits per heavy atom. The molecule has 0 radical (unpaired) electrons. The summed E-state index contributed by atoms with van der Waals surface area (Å²) in [5.41, 5.74) is 7.59. The van der Waals surface area contributed by atoms with Crippen molar-refractivity contribution in [1.29, 1.82) is 0 Å². The molecule has 0 bridgehead atoms. The van der Waals surface area contributed by atoms with Gasteiger partial charge in [-0.3, -0.25) is 9.59 Å². The molecular weight excluding hydrogens is 282 g/mol. The van der Waals surface area contributed by atoms with Crippen LogP contribution in [0, 0.1) is 0 Å². The van der Waals surface area contributed by atoms with E-state index in [-0.39, 0.29) is 5.91 Å². The minimum Gasteiger partial charge on any atom is -0.480 e. The molecule has 1 amide bonds. The highest BCUT2D eigenvalue weighted by Crippen LogP contribution is 2.18. The van der Waals surface area contributed by atoms with E-state index in [1.165, 1.54) is 0 Å². The van der Waals surface area contributed by atoms with Gasteiger partial charge >= 0.3 is 5.97 Å². The first-order valence-electron chi connectivity index (χ1n) is 7.38. The van der Waals surface area contributed by atoms with E-state index in [1.54, 1.807) is 0 Å². The summed E-state index contributed by atoms with van der Waals surface area (Å²) >= 11 is 0. The molecular formula is C16H21N3O3. The number of rotatable bonds is 8. The predicted octanol–water partition coefficient (Wildman–Crippen LogP) is 1.41. The van der Waals surface area contributed by atoms with Crippen molar-refractivity contribution in [2.45, 2.75) is 31.7 Å². The summed E-state index contributed by atoms with van der Waals surface area (Å²) < 4.78 is 0. The first-order valence-corrected chi connectivity index (χ1v) is 7.38. The van der Waals surface area contributed by atoms with E-state index in [9.17, 15) is 9.59 Å². The largest absolute Gasteiger partial charge is 0.480 e. The van der Waals surface area contributed by atoms with Gasteiger partial charge in [0.15, 0.2) is 0 Å². The molecule has 1 heterocycles. The van der Waals surface area contributed by atoms with Gasteiger partial charge in [0.2, 0.25) is 5.91 Å². The molecule has 0 fully saturated rings. The van der Waals surface area contributed by atoms with Gasteiger partial charge in [-0.05, 0) is 30.9 Å². The molecule has 0 aliphatic heterocycles. The fraction of sp³-hybridized carbons (Fsp3) is 0.375. The number of para-hydroxylation sites is 1. The lowest BCUT2D eigenvalue weighted by Crippen LogP contribution is -2.32. The average Bonchev–Trinajstić information content (AvgIpc) is 2.92. The molecule has 22 heavy (non-hydrogen) atoms. The Kier molecular flexibility index (Phi) is 5.55. The van der Waals surface area contributed by atoms with Gasteiger partial charge < -0.3 is 21.1 Å². The van der Waals surface area contributed by atoms with E-state index in [1.807, 2.05) is 30.5 Å². The van der Waals surface area contributed by atoms with E-state index < -0.39 is 12.0 Å². The molecule has 2 rings (SSSR count). The normalized spacial score (nSPS) is 12.2. The van der Waals surface area contributed by atoms with E-state index in [4.69, 9.17) is 10.8 Å². The number of hydrogen-bond acceptors (Lipinski definition) is 3. The Hall–Kier alpha value is -2.34. The zero-order chi connectivity index (χ0) is 15.9. The van der Waals surface area contributed by atoms with Gasteiger partial charge in [-0.1, -0.05) is 18.2 Å². The first kappa shape index (κ1) is 16.0. The van der Waals surface area contributed by atoms with Crippen LogP contribution in [0.2, 0.25) is 0 Å². The van der Waals surface area contributed by atoms with E-state index >= 15 is 0 Å². The van der Waals surface area contributed by atoms with Crippen LogP contribution in [-0.4, -0.2) is 34.6 Å². The van der Waals surface area contributed by atoms with E-state index in [2.05, 4.69) is 10.3 Å². The maximum atomic E-state index is 11.8. The number of carbonyl (C=O) groups excluding carboxylic acids is 1. The second-order valence-corrected chi connectivity index (χ2v) is 5.30. The van der Waals surface area contributed by atoms with Crippen LogP contribution in [-0.2, 0) is 16.0 Å². The zero-order valence-corrected chi connectivity index (χ0v) is 12.3. The van der Waals surface area contributed by atoms with Gasteiger partial charge in [-0.25, -0.2) is 0 Å². The van der Waals surface area contributed by atoms with E-state index in [0.717, 1.165) is 16.5 Å². The Morgan fingerprint density at radius 2 is 2.09 bits per heavy atom. The standard InChI is InChI=1S/C16H21N3O3/c17-13(16(21)22)5-3-9-18-15(20)8-7-11-10-19-14-6-2-1-4-12(11)14/h1-2,4,6,10,13,19H,3,5,7-9,17H2,(H,18,20)(H,21,22)/t13-/m0/s1. The van der Waals surface area contributed by atoms with Crippen molar-refractivity contribution in [2.24, 2.45) is 5.73 Å². The number of hydrogen-bond donors (Lipinski definition) is 4. The van der Waals surface area contributed by atoms with Crippen molar-refractivity contribution < 1.29 is 14.7 Å². The molecule has 1 aromatic carbocycles. The number of aromatic nitrogens is 1. The molecule has 0 aliphatic carbocycles. The summed E-state index contributed by atoms with van der Waals surface area (Å²) in [5, 5.41) is 12.6. The maximum Gasteiger partial charge on any atom is 0.320 e. The number of benzene rings is 1. The maximum absolute atomic E-state index is 11.8. The van der Waals surface area contributed by atoms with Crippen molar-refractivity contribution >= 4 is 22.8 Å². The summed E-state index contributed by atoms with van der Waals surface area (Å²) in [6.45, 7) is 0.452. The van der Waals surface area contributed by atoms with Crippen molar-refractivity contribution in [2.75, 3.05) is 6.54 Å². The number of aryl methyl sites for hydroxylation is 1. The summed E-state index contributed by atoms with van der Waals surface area (Å²) in [5.74, 6) is -1.04. The summed E-state index contributed by atoms with van der Waals surface area (Å²) in [6.07, 6.45) is 3.94. The predicted molar refractivity (Wildman–Crippen MR) is 84.5 cm³/mol. The number of nitrogens with one attached hydrogen (secondary N) is 2. The van der Waals surface area contributed by atoms with Crippen molar-refractivity contribution in [3.63, 3.8) is 0 Å². The van der Waals surface area contributed by atoms with Crippen LogP contribution < -0.4 is 11.1 Å². The van der Waals surface area contributed by atoms with Gasteiger partial charge in [-0.2, -0.15) is 0 Å². The third kappa shape index (κ3) is 4.33. The summed E-state index contributed by atoms with van der Waals surface area (Å²) in [7, 11) is 0. The summed E-state index contributed by atoms with van der Waals surface area (Å²) in [6, 6.07) is 7.13. The minimum atomic E-state index is -1.01. The van der Waals surface area contributed by atoms with Crippen LogP contribution in [0.5, 0.6) is 0 Å². The molecule has 2 aromatic rings. The molecule has 0 aliphatic rings. The topological polar surface area (TPSA) is 108 Å². The van der Waals surface area contributed by atoms with Crippen molar-refractivity contribution in [3.05, 3.63) is 36.0 Å². The molecule has 1 aromatic heterocycles. The third-order valence-corrected chi connectivity index (χ3v) is 3.63. The van der Waals surface area contributed by atoms with Crippen molar-refractivity contribution in [3.8, 4) is 0 Å². The number of carboxylic acids is 1. The molecule has 6 heteroatoms. The van der Waals surface area contributed by atoms with Crippen LogP contribution in [0.15, 0.2) is 30.5 Å². The Bertz CT molecular complexity index is 651. The fourth-order valence-electron chi connectivity index (χ4n) is 2.35. The smallest absolute Gasteiger partial charge is 0.320 e. The van der Waals surface area contributed by atoms with E-state index in [0.29, 0.717) is 32.2 Å². The van der Waals surface area contributed by atoms with Crippen LogP contribution in [0.25, 0.3) is 10.9 Å². The minimum absolute atomic E-state index is 0.0332. The van der Waals surface area contributed by atoms with Gasteiger partial charge in [0.25, 0.3) is 0 Å². The lowest BCUT2D eigenvalue weighted by Gasteiger charge is -2.07. The lowest BCUT2D eigenvalue weighted by atomic mass is 10.1. The molecule has 6 nitrogen and oxygen atoms in total. The first-order chi connectivity index (χ1) is 10.6. The highest BCUT2D eigenvalue weighted by atomic mass is 16.4. The molecule has 1 atom stereocenters. The molecule has 0 spiro atoms. The number of aromatic amines is 1. The Labute approximate surface area is 128 Å².